The lowest BCUT2D eigenvalue weighted by Gasteiger charge is -2.18. The number of likely N-dealkylation sites (tertiary alicyclic amines) is 1. The lowest BCUT2D eigenvalue weighted by molar-refractivity contribution is 0.325. The van der Waals surface area contributed by atoms with Crippen molar-refractivity contribution < 1.29 is 17.5 Å². The second-order valence-electron chi connectivity index (χ2n) is 7.85. The molecule has 1 saturated heterocycles. The average molecular weight is 424 g/mol. The molecule has 1 aromatic heterocycles. The van der Waals surface area contributed by atoms with E-state index in [9.17, 15) is 12.8 Å². The minimum Gasteiger partial charge on any atom is -0.497 e. The van der Waals surface area contributed by atoms with E-state index in [4.69, 9.17) is 4.74 Å². The number of ether oxygens (including phenoxy) is 1. The first kappa shape index (κ1) is 19.2. The van der Waals surface area contributed by atoms with E-state index < -0.39 is 21.0 Å². The molecule has 2 aromatic carbocycles. The third-order valence-electron chi connectivity index (χ3n) is 6.08. The number of hydrogen-bond donors (Lipinski definition) is 0. The van der Waals surface area contributed by atoms with Crippen LogP contribution in [-0.4, -0.2) is 43.8 Å². The van der Waals surface area contributed by atoms with Gasteiger partial charge in [0.2, 0.25) is 5.95 Å². The summed E-state index contributed by atoms with van der Waals surface area (Å²) in [4.78, 5) is 6.34. The monoisotopic (exact) mass is 424 g/mol. The fraction of sp³-hybridized carbons (Fsp3) is 0.261. The van der Waals surface area contributed by atoms with Gasteiger partial charge in [-0.05, 0) is 53.1 Å². The maximum Gasteiger partial charge on any atom is 0.212 e. The number of hydrogen-bond acceptors (Lipinski definition) is 5. The summed E-state index contributed by atoms with van der Waals surface area (Å²) in [5.41, 5.74) is 3.61. The molecule has 0 N–H and O–H groups in total. The molecule has 3 heterocycles. The molecule has 2 aliphatic heterocycles. The van der Waals surface area contributed by atoms with Crippen molar-refractivity contribution in [2.45, 2.75) is 22.6 Å². The maximum absolute atomic E-state index is 13.2. The Balaban J connectivity index is 1.43. The van der Waals surface area contributed by atoms with Crippen LogP contribution in [0.3, 0.4) is 0 Å². The Kier molecular flexibility index (Phi) is 4.60. The minimum atomic E-state index is -3.36. The predicted molar refractivity (Wildman–Crippen MR) is 112 cm³/mol. The summed E-state index contributed by atoms with van der Waals surface area (Å²) in [6.07, 6.45) is 1.47. The average Bonchev–Trinajstić information content (AvgIpc) is 3.26. The molecule has 2 aliphatic rings. The molecule has 5 nitrogen and oxygen atoms in total. The van der Waals surface area contributed by atoms with Crippen LogP contribution in [0.5, 0.6) is 5.75 Å². The number of fused-ring (bicyclic) bond motifs is 3. The van der Waals surface area contributed by atoms with E-state index in [-0.39, 0.29) is 5.92 Å². The SMILES string of the molecule is COc1ccc(CN2C[C@@H]3[C@@H](C2)c2cc(-c4ccc(F)nc4)ccc2S3(=O)=O)cc1. The molecule has 2 atom stereocenters. The van der Waals surface area contributed by atoms with Gasteiger partial charge in [0.05, 0.1) is 17.3 Å². The van der Waals surface area contributed by atoms with Gasteiger partial charge in [-0.25, -0.2) is 13.4 Å². The van der Waals surface area contributed by atoms with E-state index in [1.54, 1.807) is 25.3 Å². The van der Waals surface area contributed by atoms with Crippen molar-refractivity contribution in [3.8, 4) is 16.9 Å². The molecule has 0 spiro atoms. The zero-order valence-corrected chi connectivity index (χ0v) is 17.3. The Hall–Kier alpha value is -2.77. The fourth-order valence-corrected chi connectivity index (χ4v) is 6.76. The molecule has 0 bridgehead atoms. The number of benzene rings is 2. The summed E-state index contributed by atoms with van der Waals surface area (Å²) in [6, 6.07) is 16.2. The summed E-state index contributed by atoms with van der Waals surface area (Å²) in [6.45, 7) is 1.90. The number of nitrogens with zero attached hydrogens (tertiary/aromatic N) is 2. The molecule has 1 fully saturated rings. The van der Waals surface area contributed by atoms with Crippen molar-refractivity contribution in [3.63, 3.8) is 0 Å². The van der Waals surface area contributed by atoms with Crippen LogP contribution in [0, 0.1) is 5.95 Å². The van der Waals surface area contributed by atoms with Crippen LogP contribution in [0.1, 0.15) is 17.0 Å². The highest BCUT2D eigenvalue weighted by Crippen LogP contribution is 2.46. The van der Waals surface area contributed by atoms with Gasteiger partial charge in [-0.1, -0.05) is 18.2 Å². The third kappa shape index (κ3) is 3.18. The summed E-state index contributed by atoms with van der Waals surface area (Å²) in [5.74, 6) is 0.209. The zero-order valence-electron chi connectivity index (χ0n) is 16.5. The first-order valence-corrected chi connectivity index (χ1v) is 11.4. The first-order valence-electron chi connectivity index (χ1n) is 9.81. The van der Waals surface area contributed by atoms with Crippen molar-refractivity contribution in [3.05, 3.63) is 77.9 Å². The van der Waals surface area contributed by atoms with Crippen molar-refractivity contribution in [1.29, 1.82) is 0 Å². The molecular formula is C23H21FN2O3S. The standard InChI is InChI=1S/C23H21FN2O3S/c1-29-18-6-2-15(3-7-18)12-26-13-20-19-10-16(17-5-9-23(24)25-11-17)4-8-21(19)30(27,28)22(20)14-26/h2-11,20,22H,12-14H2,1H3/t20-,22+/m0/s1. The molecule has 3 aromatic rings. The van der Waals surface area contributed by atoms with Gasteiger partial charge in [-0.2, -0.15) is 4.39 Å². The van der Waals surface area contributed by atoms with Crippen LogP contribution in [0.25, 0.3) is 11.1 Å². The molecule has 5 rings (SSSR count). The molecule has 154 valence electrons. The van der Waals surface area contributed by atoms with Crippen molar-refractivity contribution in [1.82, 2.24) is 9.88 Å². The Morgan fingerprint density at radius 2 is 1.83 bits per heavy atom. The lowest BCUT2D eigenvalue weighted by atomic mass is 9.95. The van der Waals surface area contributed by atoms with Crippen LogP contribution in [-0.2, 0) is 16.4 Å². The van der Waals surface area contributed by atoms with Gasteiger partial charge in [-0.3, -0.25) is 4.90 Å². The molecule has 0 aliphatic carbocycles. The van der Waals surface area contributed by atoms with Gasteiger partial charge >= 0.3 is 0 Å². The summed E-state index contributed by atoms with van der Waals surface area (Å²) in [5, 5.41) is -0.424. The molecule has 30 heavy (non-hydrogen) atoms. The molecule has 0 amide bonds. The number of pyridine rings is 1. The van der Waals surface area contributed by atoms with Crippen LogP contribution in [0.15, 0.2) is 65.7 Å². The highest BCUT2D eigenvalue weighted by molar-refractivity contribution is 7.92. The second-order valence-corrected chi connectivity index (χ2v) is 9.99. The van der Waals surface area contributed by atoms with Gasteiger partial charge in [0, 0.05) is 37.3 Å². The highest BCUT2D eigenvalue weighted by Gasteiger charge is 2.50. The summed E-state index contributed by atoms with van der Waals surface area (Å²) in [7, 11) is -1.73. The van der Waals surface area contributed by atoms with E-state index >= 15 is 0 Å². The van der Waals surface area contributed by atoms with Crippen LogP contribution >= 0.6 is 0 Å². The van der Waals surface area contributed by atoms with E-state index in [0.29, 0.717) is 24.5 Å². The van der Waals surface area contributed by atoms with Crippen LogP contribution in [0.4, 0.5) is 4.39 Å². The first-order chi connectivity index (χ1) is 14.5. The van der Waals surface area contributed by atoms with Gasteiger partial charge in [-0.15, -0.1) is 0 Å². The van der Waals surface area contributed by atoms with Gasteiger partial charge in [0.1, 0.15) is 5.75 Å². The lowest BCUT2D eigenvalue weighted by Crippen LogP contribution is -2.25. The molecule has 0 unspecified atom stereocenters. The van der Waals surface area contributed by atoms with Crippen molar-refractivity contribution >= 4 is 9.84 Å². The smallest absolute Gasteiger partial charge is 0.212 e. The maximum atomic E-state index is 13.2. The van der Waals surface area contributed by atoms with E-state index in [1.807, 2.05) is 30.3 Å². The number of sulfone groups is 1. The van der Waals surface area contributed by atoms with Gasteiger partial charge < -0.3 is 4.74 Å². The topological polar surface area (TPSA) is 59.5 Å². The van der Waals surface area contributed by atoms with E-state index in [0.717, 1.165) is 28.0 Å². The number of methoxy groups -OCH3 is 1. The van der Waals surface area contributed by atoms with Gasteiger partial charge in [0.15, 0.2) is 9.84 Å². The largest absolute Gasteiger partial charge is 0.497 e. The molecular weight excluding hydrogens is 403 g/mol. The number of halogens is 1. The Morgan fingerprint density at radius 3 is 2.53 bits per heavy atom. The van der Waals surface area contributed by atoms with E-state index in [1.165, 1.54) is 12.3 Å². The normalized spacial score (nSPS) is 21.9. The molecule has 0 radical (unpaired) electrons. The van der Waals surface area contributed by atoms with Crippen molar-refractivity contribution in [2.75, 3.05) is 20.2 Å². The van der Waals surface area contributed by atoms with E-state index in [2.05, 4.69) is 9.88 Å². The molecule has 0 saturated carbocycles. The summed E-state index contributed by atoms with van der Waals surface area (Å²) >= 11 is 0. The fourth-order valence-electron chi connectivity index (χ4n) is 4.57. The Labute approximate surface area is 175 Å². The highest BCUT2D eigenvalue weighted by atomic mass is 32.2. The third-order valence-corrected chi connectivity index (χ3v) is 8.34. The molecule has 7 heteroatoms. The Bertz CT molecular complexity index is 1190. The second kappa shape index (κ2) is 7.18. The number of aromatic nitrogens is 1. The predicted octanol–water partition coefficient (Wildman–Crippen LogP) is 3.65. The Morgan fingerprint density at radius 1 is 1.07 bits per heavy atom. The number of rotatable bonds is 4. The van der Waals surface area contributed by atoms with Crippen LogP contribution < -0.4 is 4.74 Å². The van der Waals surface area contributed by atoms with Crippen LogP contribution in [0.2, 0.25) is 0 Å². The van der Waals surface area contributed by atoms with Crippen molar-refractivity contribution in [2.24, 2.45) is 0 Å². The summed E-state index contributed by atoms with van der Waals surface area (Å²) < 4.78 is 44.6. The zero-order chi connectivity index (χ0) is 20.9. The quantitative estimate of drug-likeness (QED) is 0.599. The van der Waals surface area contributed by atoms with Gasteiger partial charge in [0.25, 0.3) is 0 Å². The minimum absolute atomic E-state index is 0.0587.